The minimum absolute atomic E-state index is 0.417. The minimum Gasteiger partial charge on any atom is -0.482 e. The van der Waals surface area contributed by atoms with E-state index in [0.717, 1.165) is 5.57 Å². The predicted molar refractivity (Wildman–Crippen MR) is 38.3 cm³/mol. The first-order chi connectivity index (χ1) is 4.22. The molecule has 2 N–H and O–H groups in total. The van der Waals surface area contributed by atoms with Crippen LogP contribution in [0.15, 0.2) is 16.4 Å². The summed E-state index contributed by atoms with van der Waals surface area (Å²) in [6.45, 7) is 1.84. The maximum Gasteiger partial charge on any atom is 0.188 e. The third kappa shape index (κ3) is 2.74. The fraction of sp³-hybridized carbons (Fsp3) is 0.500. The molecule has 9 heavy (non-hydrogen) atoms. The average Bonchev–Trinajstić information content (AvgIpc) is 1.87. The molecule has 3 nitrogen and oxygen atoms in total. The molecule has 0 amide bonds. The SMILES string of the molecule is CN=C/C(C)=C(\N)OC. The van der Waals surface area contributed by atoms with E-state index in [-0.39, 0.29) is 0 Å². The molecule has 52 valence electrons. The van der Waals surface area contributed by atoms with Crippen molar-refractivity contribution in [2.75, 3.05) is 14.2 Å². The Balaban J connectivity index is 4.10. The lowest BCUT2D eigenvalue weighted by Gasteiger charge is -1.98. The zero-order chi connectivity index (χ0) is 7.28. The molecule has 0 aromatic rings. The predicted octanol–water partition coefficient (Wildman–Crippen LogP) is 0.524. The number of nitrogens with zero attached hydrogens (tertiary/aromatic N) is 1. The highest BCUT2D eigenvalue weighted by molar-refractivity contribution is 5.77. The van der Waals surface area contributed by atoms with Crippen molar-refractivity contribution < 1.29 is 4.74 Å². The fourth-order valence-electron chi connectivity index (χ4n) is 0.418. The van der Waals surface area contributed by atoms with Crippen molar-refractivity contribution >= 4 is 6.21 Å². The van der Waals surface area contributed by atoms with Crippen molar-refractivity contribution in [1.29, 1.82) is 0 Å². The normalized spacial score (nSPS) is 13.7. The van der Waals surface area contributed by atoms with Crippen molar-refractivity contribution in [3.05, 3.63) is 11.5 Å². The third-order valence-electron chi connectivity index (χ3n) is 0.931. The molecule has 0 rings (SSSR count). The van der Waals surface area contributed by atoms with E-state index in [1.807, 2.05) is 6.92 Å². The maximum absolute atomic E-state index is 5.37. The topological polar surface area (TPSA) is 47.6 Å². The maximum atomic E-state index is 5.37. The molecule has 0 radical (unpaired) electrons. The van der Waals surface area contributed by atoms with Crippen LogP contribution in [0.25, 0.3) is 0 Å². The third-order valence-corrected chi connectivity index (χ3v) is 0.931. The van der Waals surface area contributed by atoms with Crippen molar-refractivity contribution in [3.63, 3.8) is 0 Å². The molecule has 0 aliphatic carbocycles. The number of aliphatic imine (C=N–C) groups is 1. The van der Waals surface area contributed by atoms with Crippen LogP contribution in [0.5, 0.6) is 0 Å². The molecule has 0 spiro atoms. The smallest absolute Gasteiger partial charge is 0.188 e. The standard InChI is InChI=1S/C6H12N2O/c1-5(4-8-2)6(7)9-3/h4H,7H2,1-3H3/b6-5+,8-4?. The zero-order valence-corrected chi connectivity index (χ0v) is 6.01. The van der Waals surface area contributed by atoms with Crippen LogP contribution in [-0.4, -0.2) is 20.4 Å². The Morgan fingerprint density at radius 2 is 2.22 bits per heavy atom. The van der Waals surface area contributed by atoms with Gasteiger partial charge in [0.05, 0.1) is 7.11 Å². The Kier molecular flexibility index (Phi) is 3.51. The van der Waals surface area contributed by atoms with E-state index >= 15 is 0 Å². The zero-order valence-electron chi connectivity index (χ0n) is 6.01. The van der Waals surface area contributed by atoms with E-state index in [1.54, 1.807) is 13.3 Å². The molecule has 0 unspecified atom stereocenters. The van der Waals surface area contributed by atoms with Gasteiger partial charge in [-0.3, -0.25) is 4.99 Å². The molecule has 3 heteroatoms. The van der Waals surface area contributed by atoms with Crippen molar-refractivity contribution in [2.45, 2.75) is 6.92 Å². The van der Waals surface area contributed by atoms with Gasteiger partial charge in [-0.25, -0.2) is 0 Å². The molecule has 0 fully saturated rings. The Morgan fingerprint density at radius 1 is 1.67 bits per heavy atom. The van der Waals surface area contributed by atoms with E-state index in [4.69, 9.17) is 10.5 Å². The van der Waals surface area contributed by atoms with Crippen molar-refractivity contribution in [2.24, 2.45) is 10.7 Å². The van der Waals surface area contributed by atoms with E-state index in [1.165, 1.54) is 7.11 Å². The van der Waals surface area contributed by atoms with Gasteiger partial charge in [0.25, 0.3) is 0 Å². The van der Waals surface area contributed by atoms with Crippen molar-refractivity contribution in [3.8, 4) is 0 Å². The van der Waals surface area contributed by atoms with E-state index < -0.39 is 0 Å². The summed E-state index contributed by atoms with van der Waals surface area (Å²) in [5.74, 6) is 0.417. The molecular formula is C6H12N2O. The van der Waals surface area contributed by atoms with Crippen LogP contribution in [0.3, 0.4) is 0 Å². The molecule has 0 aromatic heterocycles. The first kappa shape index (κ1) is 8.01. The minimum atomic E-state index is 0.417. The lowest BCUT2D eigenvalue weighted by molar-refractivity contribution is 0.285. The largest absolute Gasteiger partial charge is 0.482 e. The number of hydrogen-bond donors (Lipinski definition) is 1. The van der Waals surface area contributed by atoms with Crippen LogP contribution in [0.2, 0.25) is 0 Å². The molecule has 0 aliphatic heterocycles. The summed E-state index contributed by atoms with van der Waals surface area (Å²) < 4.78 is 4.73. The summed E-state index contributed by atoms with van der Waals surface area (Å²) in [4.78, 5) is 3.76. The lowest BCUT2D eigenvalue weighted by Crippen LogP contribution is -2.03. The molecule has 0 aliphatic rings. The van der Waals surface area contributed by atoms with Gasteiger partial charge in [0, 0.05) is 18.8 Å². The number of ether oxygens (including phenoxy) is 1. The van der Waals surface area contributed by atoms with Gasteiger partial charge in [-0.05, 0) is 6.92 Å². The second-order valence-electron chi connectivity index (χ2n) is 1.64. The monoisotopic (exact) mass is 128 g/mol. The number of rotatable bonds is 2. The van der Waals surface area contributed by atoms with E-state index in [9.17, 15) is 0 Å². The van der Waals surface area contributed by atoms with Crippen LogP contribution >= 0.6 is 0 Å². The number of methoxy groups -OCH3 is 1. The van der Waals surface area contributed by atoms with Gasteiger partial charge in [-0.1, -0.05) is 0 Å². The quantitative estimate of drug-likeness (QED) is 0.435. The summed E-state index contributed by atoms with van der Waals surface area (Å²) in [6.07, 6.45) is 1.65. The van der Waals surface area contributed by atoms with Gasteiger partial charge in [0.15, 0.2) is 5.88 Å². The van der Waals surface area contributed by atoms with Crippen LogP contribution in [-0.2, 0) is 4.74 Å². The fourth-order valence-corrected chi connectivity index (χ4v) is 0.418. The molecular weight excluding hydrogens is 116 g/mol. The van der Waals surface area contributed by atoms with Crippen LogP contribution in [0.1, 0.15) is 6.92 Å². The molecule has 0 saturated carbocycles. The second kappa shape index (κ2) is 3.95. The summed E-state index contributed by atoms with van der Waals surface area (Å²) in [5, 5.41) is 0. The van der Waals surface area contributed by atoms with Crippen LogP contribution in [0, 0.1) is 0 Å². The summed E-state index contributed by atoms with van der Waals surface area (Å²) in [6, 6.07) is 0. The Labute approximate surface area is 55.2 Å². The van der Waals surface area contributed by atoms with Gasteiger partial charge < -0.3 is 10.5 Å². The highest BCUT2D eigenvalue weighted by atomic mass is 16.5. The highest BCUT2D eigenvalue weighted by Gasteiger charge is 1.89. The van der Waals surface area contributed by atoms with Crippen molar-refractivity contribution in [1.82, 2.24) is 0 Å². The van der Waals surface area contributed by atoms with Gasteiger partial charge in [0.1, 0.15) is 0 Å². The van der Waals surface area contributed by atoms with E-state index in [2.05, 4.69) is 4.99 Å². The molecule has 0 atom stereocenters. The highest BCUT2D eigenvalue weighted by Crippen LogP contribution is 1.93. The number of hydrogen-bond acceptors (Lipinski definition) is 3. The number of nitrogens with two attached hydrogens (primary N) is 1. The van der Waals surface area contributed by atoms with Gasteiger partial charge >= 0.3 is 0 Å². The van der Waals surface area contributed by atoms with E-state index in [0.29, 0.717) is 5.88 Å². The second-order valence-corrected chi connectivity index (χ2v) is 1.64. The summed E-state index contributed by atoms with van der Waals surface area (Å²) >= 11 is 0. The average molecular weight is 128 g/mol. The molecule has 0 saturated heterocycles. The molecule has 0 heterocycles. The van der Waals surface area contributed by atoms with Gasteiger partial charge in [0.2, 0.25) is 0 Å². The van der Waals surface area contributed by atoms with Gasteiger partial charge in [-0.2, -0.15) is 0 Å². The first-order valence-corrected chi connectivity index (χ1v) is 2.65. The Morgan fingerprint density at radius 3 is 2.56 bits per heavy atom. The summed E-state index contributed by atoms with van der Waals surface area (Å²) in [7, 11) is 3.22. The number of allylic oxidation sites excluding steroid dienone is 1. The lowest BCUT2D eigenvalue weighted by atomic mass is 10.3. The summed E-state index contributed by atoms with van der Waals surface area (Å²) in [5.41, 5.74) is 6.22. The molecule has 0 aromatic carbocycles. The Hall–Kier alpha value is -0.990. The van der Waals surface area contributed by atoms with Gasteiger partial charge in [-0.15, -0.1) is 0 Å². The Bertz CT molecular complexity index is 138. The molecule has 0 bridgehead atoms. The van der Waals surface area contributed by atoms with Crippen LogP contribution < -0.4 is 5.73 Å². The first-order valence-electron chi connectivity index (χ1n) is 2.65. The van der Waals surface area contributed by atoms with Crippen LogP contribution in [0.4, 0.5) is 0 Å².